The van der Waals surface area contributed by atoms with E-state index in [2.05, 4.69) is 4.98 Å². The molecule has 1 aliphatic heterocycles. The van der Waals surface area contributed by atoms with E-state index >= 15 is 0 Å². The molecule has 3 aromatic rings. The predicted octanol–water partition coefficient (Wildman–Crippen LogP) is 3.67. The molecule has 7 heteroatoms. The van der Waals surface area contributed by atoms with Crippen molar-refractivity contribution in [3.63, 3.8) is 0 Å². The molecular weight excluding hydrogens is 406 g/mol. The third-order valence-electron chi connectivity index (χ3n) is 6.03. The van der Waals surface area contributed by atoms with E-state index in [-0.39, 0.29) is 30.7 Å². The van der Waals surface area contributed by atoms with Gasteiger partial charge >= 0.3 is 5.97 Å². The number of nitrogens with zero attached hydrogens (tertiary/aromatic N) is 2. The zero-order valence-electron chi connectivity index (χ0n) is 17.9. The molecule has 32 heavy (non-hydrogen) atoms. The molecule has 7 nitrogen and oxygen atoms in total. The van der Waals surface area contributed by atoms with E-state index in [1.54, 1.807) is 4.90 Å². The van der Waals surface area contributed by atoms with E-state index in [9.17, 15) is 14.4 Å². The van der Waals surface area contributed by atoms with Crippen LogP contribution >= 0.6 is 0 Å². The highest BCUT2D eigenvalue weighted by Crippen LogP contribution is 2.24. The smallest absolute Gasteiger partial charge is 0.303 e. The lowest BCUT2D eigenvalue weighted by Crippen LogP contribution is -2.48. The van der Waals surface area contributed by atoms with Crippen LogP contribution in [0, 0.1) is 0 Å². The summed E-state index contributed by atoms with van der Waals surface area (Å²) >= 11 is 0. The van der Waals surface area contributed by atoms with E-state index in [4.69, 9.17) is 5.11 Å². The molecule has 0 atom stereocenters. The van der Waals surface area contributed by atoms with Gasteiger partial charge in [-0.15, -0.1) is 0 Å². The van der Waals surface area contributed by atoms with Crippen molar-refractivity contribution in [2.75, 3.05) is 13.1 Å². The van der Waals surface area contributed by atoms with Gasteiger partial charge in [-0.2, -0.15) is 0 Å². The van der Waals surface area contributed by atoms with Crippen molar-refractivity contribution in [2.45, 2.75) is 38.3 Å². The van der Waals surface area contributed by atoms with E-state index in [0.29, 0.717) is 38.2 Å². The van der Waals surface area contributed by atoms with Gasteiger partial charge in [-0.1, -0.05) is 48.5 Å². The summed E-state index contributed by atoms with van der Waals surface area (Å²) in [6.45, 7) is 1.54. The Morgan fingerprint density at radius 2 is 1.66 bits per heavy atom. The van der Waals surface area contributed by atoms with Gasteiger partial charge in [-0.05, 0) is 30.5 Å². The van der Waals surface area contributed by atoms with E-state index < -0.39 is 5.97 Å². The normalized spacial score (nSPS) is 14.4. The quantitative estimate of drug-likeness (QED) is 0.595. The van der Waals surface area contributed by atoms with Crippen molar-refractivity contribution in [1.29, 1.82) is 0 Å². The Balaban J connectivity index is 1.50. The molecule has 2 aromatic carbocycles. The number of nitrogens with one attached hydrogen (secondary N) is 1. The minimum atomic E-state index is -0.966. The Kier molecular flexibility index (Phi) is 6.54. The summed E-state index contributed by atoms with van der Waals surface area (Å²) < 4.78 is 0. The number of fused-ring (bicyclic) bond motifs is 1. The highest BCUT2D eigenvalue weighted by Gasteiger charge is 2.31. The number of aromatic nitrogens is 1. The maximum Gasteiger partial charge on any atom is 0.303 e. The van der Waals surface area contributed by atoms with Crippen LogP contribution in [-0.2, 0) is 16.1 Å². The van der Waals surface area contributed by atoms with E-state index in [1.165, 1.54) is 0 Å². The van der Waals surface area contributed by atoms with Crippen molar-refractivity contribution in [3.8, 4) is 0 Å². The summed E-state index contributed by atoms with van der Waals surface area (Å²) in [6.07, 6.45) is 1.19. The van der Waals surface area contributed by atoms with Gasteiger partial charge in [0, 0.05) is 43.0 Å². The second kappa shape index (κ2) is 9.68. The maximum atomic E-state index is 13.6. The second-order valence-corrected chi connectivity index (χ2v) is 8.19. The van der Waals surface area contributed by atoms with Crippen molar-refractivity contribution in [2.24, 2.45) is 0 Å². The molecule has 0 spiro atoms. The summed E-state index contributed by atoms with van der Waals surface area (Å²) in [6, 6.07) is 19.6. The van der Waals surface area contributed by atoms with Gasteiger partial charge in [0.2, 0.25) is 5.91 Å². The number of H-pyrrole nitrogens is 1. The third-order valence-corrected chi connectivity index (χ3v) is 6.03. The Labute approximate surface area is 186 Å². The monoisotopic (exact) mass is 433 g/mol. The van der Waals surface area contributed by atoms with Gasteiger partial charge in [-0.25, -0.2) is 0 Å². The number of carboxylic acids is 1. The number of hydrogen-bond donors (Lipinski definition) is 2. The Bertz CT molecular complexity index is 1070. The first-order chi connectivity index (χ1) is 15.5. The van der Waals surface area contributed by atoms with E-state index in [1.807, 2.05) is 65.6 Å². The molecule has 4 rings (SSSR count). The first-order valence-electron chi connectivity index (χ1n) is 10.9. The topological polar surface area (TPSA) is 93.7 Å². The number of hydrogen-bond acceptors (Lipinski definition) is 3. The van der Waals surface area contributed by atoms with Gasteiger partial charge < -0.3 is 19.9 Å². The molecule has 0 saturated carbocycles. The lowest BCUT2D eigenvalue weighted by atomic mass is 10.0. The van der Waals surface area contributed by atoms with Gasteiger partial charge in [0.25, 0.3) is 5.91 Å². The molecule has 0 radical (unpaired) electrons. The highest BCUT2D eigenvalue weighted by atomic mass is 16.4. The van der Waals surface area contributed by atoms with Crippen LogP contribution < -0.4 is 0 Å². The molecule has 2 N–H and O–H groups in total. The summed E-state index contributed by atoms with van der Waals surface area (Å²) in [5.41, 5.74) is 2.54. The Morgan fingerprint density at radius 1 is 0.969 bits per heavy atom. The summed E-state index contributed by atoms with van der Waals surface area (Å²) in [5, 5.41) is 9.81. The minimum absolute atomic E-state index is 0.00218. The molecule has 0 bridgehead atoms. The molecule has 1 saturated heterocycles. The summed E-state index contributed by atoms with van der Waals surface area (Å²) in [5.74, 6) is -1.16. The first-order valence-corrected chi connectivity index (χ1v) is 10.9. The third kappa shape index (κ3) is 4.99. The van der Waals surface area contributed by atoms with Crippen LogP contribution in [0.25, 0.3) is 10.9 Å². The average molecular weight is 434 g/mol. The molecule has 166 valence electrons. The molecule has 1 fully saturated rings. The lowest BCUT2D eigenvalue weighted by molar-refractivity contribution is -0.141. The number of piperidine rings is 1. The van der Waals surface area contributed by atoms with Crippen LogP contribution in [-0.4, -0.2) is 56.8 Å². The summed E-state index contributed by atoms with van der Waals surface area (Å²) in [4.78, 5) is 43.5. The predicted molar refractivity (Wildman–Crippen MR) is 121 cm³/mol. The molecule has 1 aromatic heterocycles. The fraction of sp³-hybridized carbons (Fsp3) is 0.320. The van der Waals surface area contributed by atoms with Gasteiger partial charge in [0.15, 0.2) is 0 Å². The lowest BCUT2D eigenvalue weighted by Gasteiger charge is -2.38. The number of carbonyl (C=O) groups is 3. The van der Waals surface area contributed by atoms with Crippen molar-refractivity contribution in [3.05, 3.63) is 71.9 Å². The minimum Gasteiger partial charge on any atom is -0.481 e. The van der Waals surface area contributed by atoms with Crippen LogP contribution in [0.3, 0.4) is 0 Å². The molecule has 2 heterocycles. The SMILES string of the molecule is O=C(O)CCC(=O)N1CCC(N(Cc2ccccc2)C(=O)c2cc3ccccc3[nH]2)CC1. The fourth-order valence-corrected chi connectivity index (χ4v) is 4.29. The summed E-state index contributed by atoms with van der Waals surface area (Å²) in [7, 11) is 0. The zero-order valence-corrected chi connectivity index (χ0v) is 17.9. The second-order valence-electron chi connectivity index (χ2n) is 8.19. The average Bonchev–Trinajstić information content (AvgIpc) is 3.26. The van der Waals surface area contributed by atoms with Crippen LogP contribution in [0.4, 0.5) is 0 Å². The standard InChI is InChI=1S/C25H27N3O4/c29-23(10-11-24(30)31)27-14-12-20(13-15-27)28(17-18-6-2-1-3-7-18)25(32)22-16-19-8-4-5-9-21(19)26-22/h1-9,16,20,26H,10-15,17H2,(H,30,31). The number of carbonyl (C=O) groups excluding carboxylic acids is 2. The highest BCUT2D eigenvalue weighted by molar-refractivity contribution is 5.98. The fourth-order valence-electron chi connectivity index (χ4n) is 4.29. The van der Waals surface area contributed by atoms with Crippen LogP contribution in [0.15, 0.2) is 60.7 Å². The van der Waals surface area contributed by atoms with Gasteiger partial charge in [0.05, 0.1) is 6.42 Å². The molecule has 1 aliphatic rings. The van der Waals surface area contributed by atoms with Crippen LogP contribution in [0.2, 0.25) is 0 Å². The van der Waals surface area contributed by atoms with Crippen molar-refractivity contribution in [1.82, 2.24) is 14.8 Å². The number of amides is 2. The number of para-hydroxylation sites is 1. The zero-order chi connectivity index (χ0) is 22.5. The number of aromatic amines is 1. The van der Waals surface area contributed by atoms with Crippen LogP contribution in [0.1, 0.15) is 41.7 Å². The van der Waals surface area contributed by atoms with Gasteiger partial charge in [-0.3, -0.25) is 14.4 Å². The molecule has 0 unspecified atom stereocenters. The Hall–Kier alpha value is -3.61. The van der Waals surface area contributed by atoms with E-state index in [0.717, 1.165) is 16.5 Å². The molecular formula is C25H27N3O4. The number of likely N-dealkylation sites (tertiary alicyclic amines) is 1. The van der Waals surface area contributed by atoms with Gasteiger partial charge in [0.1, 0.15) is 5.69 Å². The van der Waals surface area contributed by atoms with Crippen molar-refractivity contribution >= 4 is 28.7 Å². The number of carboxylic acid groups (broad SMARTS) is 1. The molecule has 0 aliphatic carbocycles. The first kappa shape index (κ1) is 21.6. The number of aliphatic carboxylic acids is 1. The number of benzene rings is 2. The molecule has 2 amide bonds. The van der Waals surface area contributed by atoms with Crippen molar-refractivity contribution < 1.29 is 19.5 Å². The maximum absolute atomic E-state index is 13.6. The Morgan fingerprint density at radius 3 is 2.34 bits per heavy atom. The largest absolute Gasteiger partial charge is 0.481 e. The van der Waals surface area contributed by atoms with Crippen LogP contribution in [0.5, 0.6) is 0 Å². The number of rotatable bonds is 7.